The van der Waals surface area contributed by atoms with Gasteiger partial charge in [-0.25, -0.2) is 9.07 Å². The van der Waals surface area contributed by atoms with Gasteiger partial charge < -0.3 is 19.7 Å². The molecule has 0 saturated carbocycles. The molecule has 0 aliphatic heterocycles. The van der Waals surface area contributed by atoms with Gasteiger partial charge in [0.25, 0.3) is 5.91 Å². The van der Waals surface area contributed by atoms with E-state index in [4.69, 9.17) is 9.47 Å². The average Bonchev–Trinajstić information content (AvgIpc) is 3.41. The van der Waals surface area contributed by atoms with E-state index in [1.807, 2.05) is 54.6 Å². The smallest absolute Gasteiger partial charge is 0.251 e. The fourth-order valence-corrected chi connectivity index (χ4v) is 4.58. The number of carbonyl (C=O) groups excluding carboxylic acids is 2. The summed E-state index contributed by atoms with van der Waals surface area (Å²) in [5.41, 5.74) is 2.97. The molecule has 0 radical (unpaired) electrons. The van der Waals surface area contributed by atoms with Crippen molar-refractivity contribution in [3.8, 4) is 11.5 Å². The summed E-state index contributed by atoms with van der Waals surface area (Å²) in [4.78, 5) is 29.6. The molecule has 208 valence electrons. The first-order chi connectivity index (χ1) is 20.0. The Morgan fingerprint density at radius 3 is 2.39 bits per heavy atom. The fraction of sp³-hybridized carbons (Fsp3) is 0.161. The Morgan fingerprint density at radius 1 is 0.927 bits per heavy atom. The number of nitrogens with zero attached hydrogens (tertiary/aromatic N) is 4. The molecule has 0 saturated heterocycles. The second-order valence-electron chi connectivity index (χ2n) is 9.25. The molecule has 0 bridgehead atoms. The average molecular weight is 554 g/mol. The number of fused-ring (bicyclic) bond motifs is 1. The van der Waals surface area contributed by atoms with Crippen molar-refractivity contribution in [2.45, 2.75) is 19.1 Å². The minimum atomic E-state index is -1.12. The van der Waals surface area contributed by atoms with Crippen LogP contribution in [-0.4, -0.2) is 45.9 Å². The number of para-hydroxylation sites is 1. The van der Waals surface area contributed by atoms with Crippen LogP contribution >= 0.6 is 0 Å². The van der Waals surface area contributed by atoms with Crippen LogP contribution in [0.3, 0.4) is 0 Å². The van der Waals surface area contributed by atoms with Gasteiger partial charge in [0, 0.05) is 12.6 Å². The summed E-state index contributed by atoms with van der Waals surface area (Å²) in [6.07, 6.45) is 0. The fourth-order valence-electron chi connectivity index (χ4n) is 4.58. The maximum Gasteiger partial charge on any atom is 0.251 e. The van der Waals surface area contributed by atoms with Gasteiger partial charge in [0.2, 0.25) is 5.91 Å². The summed E-state index contributed by atoms with van der Waals surface area (Å²) in [6, 6.07) is 26.0. The van der Waals surface area contributed by atoms with E-state index in [1.54, 1.807) is 18.2 Å². The van der Waals surface area contributed by atoms with Crippen LogP contribution < -0.4 is 14.8 Å². The van der Waals surface area contributed by atoms with Gasteiger partial charge >= 0.3 is 0 Å². The molecule has 1 N–H and O–H groups in total. The van der Waals surface area contributed by atoms with Crippen LogP contribution in [0.5, 0.6) is 11.5 Å². The first-order valence-electron chi connectivity index (χ1n) is 12.9. The minimum absolute atomic E-state index is 0.113. The second-order valence-corrected chi connectivity index (χ2v) is 9.25. The maximum atomic E-state index is 14.1. The van der Waals surface area contributed by atoms with Gasteiger partial charge in [-0.3, -0.25) is 9.59 Å². The Kier molecular flexibility index (Phi) is 8.19. The molecule has 0 fully saturated rings. The lowest BCUT2D eigenvalue weighted by Gasteiger charge is -2.32. The van der Waals surface area contributed by atoms with Crippen molar-refractivity contribution in [2.24, 2.45) is 0 Å². The van der Waals surface area contributed by atoms with Crippen molar-refractivity contribution in [1.29, 1.82) is 0 Å². The number of amides is 2. The third-order valence-corrected chi connectivity index (χ3v) is 6.63. The predicted octanol–water partition coefficient (Wildman–Crippen LogP) is 5.00. The molecule has 1 atom stereocenters. The number of rotatable bonds is 10. The summed E-state index contributed by atoms with van der Waals surface area (Å²) < 4.78 is 26.2. The van der Waals surface area contributed by atoms with E-state index in [9.17, 15) is 14.0 Å². The van der Waals surface area contributed by atoms with Crippen molar-refractivity contribution >= 4 is 28.5 Å². The van der Waals surface area contributed by atoms with Crippen LogP contribution in [0.4, 0.5) is 10.1 Å². The number of halogens is 1. The van der Waals surface area contributed by atoms with Crippen LogP contribution in [0.2, 0.25) is 0 Å². The number of carbonyl (C=O) groups is 2. The molecule has 1 unspecified atom stereocenters. The van der Waals surface area contributed by atoms with Crippen LogP contribution in [-0.2, 0) is 22.7 Å². The molecule has 0 spiro atoms. The van der Waals surface area contributed by atoms with Crippen LogP contribution in [0, 0.1) is 5.82 Å². The molecular weight excluding hydrogens is 525 g/mol. The Labute approximate surface area is 236 Å². The van der Waals surface area contributed by atoms with Crippen LogP contribution in [0.1, 0.15) is 17.2 Å². The lowest BCUT2D eigenvalue weighted by atomic mass is 10.0. The number of hydrogen-bond donors (Lipinski definition) is 1. The molecule has 0 aliphatic carbocycles. The molecule has 1 aromatic heterocycles. The van der Waals surface area contributed by atoms with E-state index in [2.05, 4.69) is 15.6 Å². The number of nitrogens with one attached hydrogen (secondary N) is 1. The number of benzene rings is 4. The number of ether oxygens (including phenoxy) is 2. The highest BCUT2D eigenvalue weighted by molar-refractivity contribution is 5.99. The predicted molar refractivity (Wildman–Crippen MR) is 152 cm³/mol. The highest BCUT2D eigenvalue weighted by Gasteiger charge is 2.33. The molecule has 5 rings (SSSR count). The summed E-state index contributed by atoms with van der Waals surface area (Å²) in [7, 11) is 3.01. The lowest BCUT2D eigenvalue weighted by molar-refractivity contribution is -0.140. The van der Waals surface area contributed by atoms with Crippen LogP contribution in [0.25, 0.3) is 11.0 Å². The third kappa shape index (κ3) is 6.17. The number of aromatic nitrogens is 3. The Bertz CT molecular complexity index is 1660. The zero-order valence-corrected chi connectivity index (χ0v) is 22.5. The van der Waals surface area contributed by atoms with Gasteiger partial charge in [0.15, 0.2) is 0 Å². The van der Waals surface area contributed by atoms with Crippen molar-refractivity contribution < 1.29 is 23.5 Å². The molecule has 2 amide bonds. The van der Waals surface area contributed by atoms with Crippen LogP contribution in [0.15, 0.2) is 97.1 Å². The lowest BCUT2D eigenvalue weighted by Crippen LogP contribution is -2.42. The van der Waals surface area contributed by atoms with Gasteiger partial charge in [-0.1, -0.05) is 59.8 Å². The molecule has 9 nitrogen and oxygen atoms in total. The zero-order valence-electron chi connectivity index (χ0n) is 22.5. The minimum Gasteiger partial charge on any atom is -0.497 e. The first-order valence-corrected chi connectivity index (χ1v) is 12.9. The van der Waals surface area contributed by atoms with Gasteiger partial charge in [-0.2, -0.15) is 0 Å². The number of anilines is 1. The van der Waals surface area contributed by atoms with Gasteiger partial charge in [-0.15, -0.1) is 5.10 Å². The molecular formula is C31H28FN5O4. The van der Waals surface area contributed by atoms with E-state index in [0.717, 1.165) is 5.56 Å². The van der Waals surface area contributed by atoms with Gasteiger partial charge in [-0.05, 0) is 47.5 Å². The van der Waals surface area contributed by atoms with Crippen molar-refractivity contribution in [3.63, 3.8) is 0 Å². The van der Waals surface area contributed by atoms with E-state index in [1.165, 1.54) is 48.1 Å². The summed E-state index contributed by atoms with van der Waals surface area (Å²) in [5, 5.41) is 11.2. The van der Waals surface area contributed by atoms with Crippen molar-refractivity contribution in [1.82, 2.24) is 19.9 Å². The number of hydrogen-bond acceptors (Lipinski definition) is 6. The molecule has 5 aromatic rings. The SMILES string of the molecule is COc1ccc(NC(=O)C(c2ccc(F)cc2)N(Cc2ccccc2)C(=O)Cn2nnc3ccccc32)c(OC)c1. The normalized spacial score (nSPS) is 11.6. The molecule has 10 heteroatoms. The zero-order chi connectivity index (χ0) is 28.8. The topological polar surface area (TPSA) is 98.6 Å². The van der Waals surface area contributed by atoms with E-state index >= 15 is 0 Å². The van der Waals surface area contributed by atoms with E-state index < -0.39 is 17.8 Å². The summed E-state index contributed by atoms with van der Waals surface area (Å²) >= 11 is 0. The van der Waals surface area contributed by atoms with E-state index in [0.29, 0.717) is 33.8 Å². The highest BCUT2D eigenvalue weighted by Crippen LogP contribution is 2.32. The standard InChI is InChI=1S/C31H28FN5O4/c1-40-24-16-17-26(28(18-24)41-2)33-31(39)30(22-12-14-23(32)15-13-22)36(19-21-8-4-3-5-9-21)29(38)20-37-27-11-7-6-10-25(27)34-35-37/h3-18,30H,19-20H2,1-2H3,(H,33,39). The second kappa shape index (κ2) is 12.3. The summed E-state index contributed by atoms with van der Waals surface area (Å²) in [6.45, 7) is -0.0499. The quantitative estimate of drug-likeness (QED) is 0.262. The Hall–Kier alpha value is -5.25. The Morgan fingerprint density at radius 2 is 1.66 bits per heavy atom. The molecule has 4 aromatic carbocycles. The molecule has 41 heavy (non-hydrogen) atoms. The van der Waals surface area contributed by atoms with Gasteiger partial charge in [0.1, 0.15) is 35.4 Å². The van der Waals surface area contributed by atoms with Crippen molar-refractivity contribution in [2.75, 3.05) is 19.5 Å². The Balaban J connectivity index is 1.55. The highest BCUT2D eigenvalue weighted by atomic mass is 19.1. The van der Waals surface area contributed by atoms with Crippen molar-refractivity contribution in [3.05, 3.63) is 114 Å². The molecule has 0 aliphatic rings. The van der Waals surface area contributed by atoms with E-state index in [-0.39, 0.29) is 19.0 Å². The largest absolute Gasteiger partial charge is 0.497 e. The third-order valence-electron chi connectivity index (χ3n) is 6.63. The monoisotopic (exact) mass is 553 g/mol. The maximum absolute atomic E-state index is 14.1. The molecule has 1 heterocycles. The van der Waals surface area contributed by atoms with Gasteiger partial charge in [0.05, 0.1) is 25.4 Å². The first kappa shape index (κ1) is 27.3. The summed E-state index contributed by atoms with van der Waals surface area (Å²) in [5.74, 6) is -0.412. The number of methoxy groups -OCH3 is 2.